The lowest BCUT2D eigenvalue weighted by Gasteiger charge is -2.49. The van der Waals surface area contributed by atoms with E-state index in [1.54, 1.807) is 0 Å². The van der Waals surface area contributed by atoms with Crippen LogP contribution in [0.5, 0.6) is 0 Å². The lowest BCUT2D eigenvalue weighted by atomic mass is 9.97. The molecule has 0 radical (unpaired) electrons. The molecule has 7 rings (SSSR count). The fourth-order valence-electron chi connectivity index (χ4n) is 6.93. The van der Waals surface area contributed by atoms with E-state index in [1.165, 1.54) is 0 Å². The van der Waals surface area contributed by atoms with E-state index in [1.807, 2.05) is 159 Å². The van der Waals surface area contributed by atoms with E-state index >= 15 is 0 Å². The summed E-state index contributed by atoms with van der Waals surface area (Å²) in [5.74, 6) is 0. The third-order valence-electron chi connectivity index (χ3n) is 9.90. The first-order chi connectivity index (χ1) is 27.1. The Bertz CT molecular complexity index is 1800. The van der Waals surface area contributed by atoms with Crippen LogP contribution in [0.1, 0.15) is 41.0 Å². The lowest BCUT2D eigenvalue weighted by Crippen LogP contribution is -2.64. The second-order valence-electron chi connectivity index (χ2n) is 14.0. The molecular weight excluding hydrogens is 695 g/mol. The molecule has 2 saturated heterocycles. The van der Waals surface area contributed by atoms with E-state index in [0.29, 0.717) is 26.4 Å². The van der Waals surface area contributed by atoms with Crippen LogP contribution in [0.25, 0.3) is 0 Å². The summed E-state index contributed by atoms with van der Waals surface area (Å²) in [5, 5.41) is 0. The van der Waals surface area contributed by atoms with Gasteiger partial charge in [-0.15, -0.1) is 0 Å². The smallest absolute Gasteiger partial charge is 0.187 e. The Morgan fingerprint density at radius 3 is 1.58 bits per heavy atom. The van der Waals surface area contributed by atoms with Crippen LogP contribution < -0.4 is 5.73 Å². The molecule has 9 nitrogen and oxygen atoms in total. The Hall–Kier alpha value is -4.26. The minimum Gasteiger partial charge on any atom is -0.371 e. The Morgan fingerprint density at radius 1 is 0.564 bits per heavy atom. The van der Waals surface area contributed by atoms with E-state index in [-0.39, 0.29) is 19.3 Å². The zero-order chi connectivity index (χ0) is 37.7. The molecule has 55 heavy (non-hydrogen) atoms. The van der Waals surface area contributed by atoms with Gasteiger partial charge < -0.3 is 43.6 Å². The van der Waals surface area contributed by atoms with Gasteiger partial charge in [0.15, 0.2) is 12.6 Å². The molecule has 5 aromatic carbocycles. The molecule has 4 unspecified atom stereocenters. The summed E-state index contributed by atoms with van der Waals surface area (Å²) in [6.07, 6.45) is -4.54. The van der Waals surface area contributed by atoms with Crippen molar-refractivity contribution in [3.63, 3.8) is 0 Å². The fourth-order valence-corrected chi connectivity index (χ4v) is 6.93. The van der Waals surface area contributed by atoms with Gasteiger partial charge in [-0.2, -0.15) is 0 Å². The van der Waals surface area contributed by atoms with Gasteiger partial charge in [0.1, 0.15) is 30.5 Å². The van der Waals surface area contributed by atoms with Crippen molar-refractivity contribution in [3.05, 3.63) is 179 Å². The molecule has 0 saturated carbocycles. The summed E-state index contributed by atoms with van der Waals surface area (Å²) in [7, 11) is 0. The highest BCUT2D eigenvalue weighted by atomic mass is 16.8. The first-order valence-electron chi connectivity index (χ1n) is 19.1. The highest BCUT2D eigenvalue weighted by Gasteiger charge is 2.52. The molecule has 0 spiro atoms. The maximum Gasteiger partial charge on any atom is 0.187 e. The van der Waals surface area contributed by atoms with Crippen molar-refractivity contribution < 1.29 is 37.9 Å². The number of hydrogen-bond donors (Lipinski definition) is 1. The van der Waals surface area contributed by atoms with Gasteiger partial charge >= 0.3 is 0 Å². The van der Waals surface area contributed by atoms with Crippen molar-refractivity contribution >= 4 is 0 Å². The predicted octanol–water partition coefficient (Wildman–Crippen LogP) is 7.53. The molecule has 0 amide bonds. The van der Waals surface area contributed by atoms with Crippen LogP contribution in [0.4, 0.5) is 0 Å². The second kappa shape index (κ2) is 20.1. The summed E-state index contributed by atoms with van der Waals surface area (Å²) < 4.78 is 52.5. The van der Waals surface area contributed by atoms with Crippen molar-refractivity contribution in [2.24, 2.45) is 5.73 Å². The number of nitrogens with two attached hydrogens (primary N) is 1. The summed E-state index contributed by atoms with van der Waals surface area (Å²) in [6, 6.07) is 49.5. The molecule has 2 heterocycles. The van der Waals surface area contributed by atoms with Gasteiger partial charge in [-0.05, 0) is 29.2 Å². The van der Waals surface area contributed by atoms with Crippen molar-refractivity contribution in [3.8, 4) is 0 Å². The van der Waals surface area contributed by atoms with Gasteiger partial charge in [-0.1, -0.05) is 152 Å². The third-order valence-corrected chi connectivity index (χ3v) is 9.90. The first-order valence-corrected chi connectivity index (χ1v) is 19.1. The van der Waals surface area contributed by atoms with Crippen LogP contribution in [0.3, 0.4) is 0 Å². The Balaban J connectivity index is 1.11. The van der Waals surface area contributed by atoms with Gasteiger partial charge in [-0.3, -0.25) is 0 Å². The zero-order valence-electron chi connectivity index (χ0n) is 31.2. The van der Waals surface area contributed by atoms with E-state index in [0.717, 1.165) is 27.8 Å². The van der Waals surface area contributed by atoms with Gasteiger partial charge in [-0.25, -0.2) is 0 Å². The predicted molar refractivity (Wildman–Crippen MR) is 208 cm³/mol. The lowest BCUT2D eigenvalue weighted by molar-refractivity contribution is -0.373. The molecule has 9 heteroatoms. The van der Waals surface area contributed by atoms with E-state index in [2.05, 4.69) is 0 Å². The molecule has 2 N–H and O–H groups in total. The normalized spacial score (nSPS) is 24.0. The van der Waals surface area contributed by atoms with Crippen LogP contribution in [0, 0.1) is 0 Å². The maximum atomic E-state index is 6.96. The van der Waals surface area contributed by atoms with Crippen LogP contribution >= 0.6 is 0 Å². The summed E-state index contributed by atoms with van der Waals surface area (Å²) in [5.41, 5.74) is 12.0. The monoisotopic (exact) mass is 745 g/mol. The molecule has 288 valence electrons. The van der Waals surface area contributed by atoms with Crippen molar-refractivity contribution in [2.75, 3.05) is 13.2 Å². The molecule has 9 atom stereocenters. The van der Waals surface area contributed by atoms with Gasteiger partial charge in [0.05, 0.1) is 51.8 Å². The van der Waals surface area contributed by atoms with Gasteiger partial charge in [0, 0.05) is 5.56 Å². The summed E-state index contributed by atoms with van der Waals surface area (Å²) >= 11 is 0. The van der Waals surface area contributed by atoms with Crippen LogP contribution in [-0.4, -0.2) is 62.2 Å². The average Bonchev–Trinajstić information content (AvgIpc) is 3.25. The quantitative estimate of drug-likeness (QED) is 0.0976. The summed E-state index contributed by atoms with van der Waals surface area (Å²) in [6.45, 7) is 3.82. The minimum atomic E-state index is -0.854. The number of hydrogen-bond acceptors (Lipinski definition) is 9. The topological polar surface area (TPSA) is 99.9 Å². The third kappa shape index (κ3) is 11.0. The molecular formula is C46H51NO8. The molecule has 5 aromatic rings. The van der Waals surface area contributed by atoms with Gasteiger partial charge in [0.2, 0.25) is 0 Å². The largest absolute Gasteiger partial charge is 0.371 e. The number of rotatable bonds is 18. The van der Waals surface area contributed by atoms with Crippen LogP contribution in [-0.2, 0) is 64.3 Å². The number of ether oxygens (including phenoxy) is 8. The first kappa shape index (κ1) is 39.0. The van der Waals surface area contributed by atoms with Gasteiger partial charge in [0.25, 0.3) is 0 Å². The van der Waals surface area contributed by atoms with E-state index in [9.17, 15) is 0 Å². The van der Waals surface area contributed by atoms with E-state index in [4.69, 9.17) is 43.6 Å². The number of benzene rings is 5. The zero-order valence-corrected chi connectivity index (χ0v) is 31.2. The fraction of sp³-hybridized carbons (Fsp3) is 0.348. The van der Waals surface area contributed by atoms with Crippen molar-refractivity contribution in [2.45, 2.75) is 88.6 Å². The standard InChI is InChI=1S/C46H51NO8/c1-33(48-27-34-17-7-2-8-18-34)41(49-28-35-19-9-3-10-20-35)39(47)31-52-46-44(51-30-37-23-13-5-14-24-37)43(50-29-36-21-11-4-12-22-36)42-40(54-46)32-53-45(55-42)38-25-15-6-16-26-38/h2-26,33,39-46H,27-32,47H2,1H3/t33-,39+,40?,41-,42+,43?,44?,45?,46+/m1/s1. The van der Waals surface area contributed by atoms with Crippen molar-refractivity contribution in [1.82, 2.24) is 0 Å². The maximum absolute atomic E-state index is 6.96. The second-order valence-corrected chi connectivity index (χ2v) is 14.0. The molecule has 2 fully saturated rings. The van der Waals surface area contributed by atoms with Crippen LogP contribution in [0.2, 0.25) is 0 Å². The highest BCUT2D eigenvalue weighted by Crippen LogP contribution is 2.37. The SMILES string of the molecule is C[C@@H](OCc1ccccc1)[C@@H](OCc1ccccc1)[C@@H](N)CO[C@H]1OC2COC(c3ccccc3)O[C@@H]2C(OCc2ccccc2)C1OCc1ccccc1. The molecule has 2 aliphatic heterocycles. The Labute approximate surface area is 324 Å². The van der Waals surface area contributed by atoms with Crippen LogP contribution in [0.15, 0.2) is 152 Å². The highest BCUT2D eigenvalue weighted by molar-refractivity contribution is 5.18. The van der Waals surface area contributed by atoms with E-state index < -0.39 is 49.1 Å². The average molecular weight is 746 g/mol. The number of fused-ring (bicyclic) bond motifs is 1. The molecule has 0 aliphatic carbocycles. The summed E-state index contributed by atoms with van der Waals surface area (Å²) in [4.78, 5) is 0. The molecule has 0 bridgehead atoms. The molecule has 2 aliphatic rings. The Morgan fingerprint density at radius 2 is 1.04 bits per heavy atom. The van der Waals surface area contributed by atoms with Crippen molar-refractivity contribution in [1.29, 1.82) is 0 Å². The molecule has 0 aromatic heterocycles. The Kier molecular flexibility index (Phi) is 14.2. The minimum absolute atomic E-state index is 0.103.